The largest absolute Gasteiger partial charge is 0.284 e. The Labute approximate surface area is 110 Å². The first-order valence-corrected chi connectivity index (χ1v) is 6.45. The molecule has 0 atom stereocenters. The van der Waals surface area contributed by atoms with Gasteiger partial charge in [-0.15, -0.1) is 10.2 Å². The molecule has 0 saturated heterocycles. The molecule has 2 aromatic heterocycles. The fraction of sp³-hybridized carbons (Fsp3) is 0.333. The number of carbonyl (C=O) groups excluding carboxylic acids is 1. The molecule has 6 heteroatoms. The summed E-state index contributed by atoms with van der Waals surface area (Å²) in [6, 6.07) is 3.82. The highest BCUT2D eigenvalue weighted by Gasteiger charge is 2.19. The van der Waals surface area contributed by atoms with Crippen molar-refractivity contribution in [2.45, 2.75) is 26.8 Å². The predicted octanol–water partition coefficient (Wildman–Crippen LogP) is 2.36. The van der Waals surface area contributed by atoms with E-state index in [-0.39, 0.29) is 11.9 Å². The molecule has 0 aliphatic carbocycles. The van der Waals surface area contributed by atoms with E-state index >= 15 is 0 Å². The molecular weight excluding hydrogens is 248 g/mol. The van der Waals surface area contributed by atoms with Crippen LogP contribution in [-0.4, -0.2) is 27.1 Å². The zero-order valence-electron chi connectivity index (χ0n) is 10.5. The van der Waals surface area contributed by atoms with Crippen LogP contribution in [0, 0.1) is 0 Å². The average molecular weight is 262 g/mol. The molecule has 0 bridgehead atoms. The zero-order valence-corrected chi connectivity index (χ0v) is 11.3. The van der Waals surface area contributed by atoms with Gasteiger partial charge in [0.1, 0.15) is 5.01 Å². The van der Waals surface area contributed by atoms with Crippen molar-refractivity contribution in [1.29, 1.82) is 0 Å². The topological polar surface area (TPSA) is 59.0 Å². The van der Waals surface area contributed by atoms with E-state index in [1.807, 2.05) is 26.0 Å². The Kier molecular flexibility index (Phi) is 3.66. The molecule has 0 saturated carbocycles. The van der Waals surface area contributed by atoms with Crippen molar-refractivity contribution < 1.29 is 4.79 Å². The Morgan fingerprint density at radius 2 is 1.94 bits per heavy atom. The van der Waals surface area contributed by atoms with Gasteiger partial charge < -0.3 is 0 Å². The van der Waals surface area contributed by atoms with Gasteiger partial charge in [-0.1, -0.05) is 11.3 Å². The van der Waals surface area contributed by atoms with Crippen LogP contribution in [0.25, 0.3) is 10.6 Å². The highest BCUT2D eigenvalue weighted by atomic mass is 32.1. The van der Waals surface area contributed by atoms with Gasteiger partial charge >= 0.3 is 0 Å². The van der Waals surface area contributed by atoms with Gasteiger partial charge in [0, 0.05) is 30.9 Å². The molecule has 0 fully saturated rings. The SMILES string of the molecule is CC(=O)N(c1nnc(-c2ccncc2)s1)C(C)C. The van der Waals surface area contributed by atoms with Crippen LogP contribution in [0.2, 0.25) is 0 Å². The van der Waals surface area contributed by atoms with Crippen molar-refractivity contribution in [3.63, 3.8) is 0 Å². The van der Waals surface area contributed by atoms with Gasteiger partial charge in [0.2, 0.25) is 11.0 Å². The Morgan fingerprint density at radius 3 is 2.50 bits per heavy atom. The number of anilines is 1. The fourth-order valence-corrected chi connectivity index (χ4v) is 2.67. The summed E-state index contributed by atoms with van der Waals surface area (Å²) >= 11 is 1.41. The summed E-state index contributed by atoms with van der Waals surface area (Å²) in [5.41, 5.74) is 0.959. The molecule has 18 heavy (non-hydrogen) atoms. The van der Waals surface area contributed by atoms with Crippen molar-refractivity contribution in [2.75, 3.05) is 4.90 Å². The predicted molar refractivity (Wildman–Crippen MR) is 71.4 cm³/mol. The second-order valence-electron chi connectivity index (χ2n) is 4.11. The molecular formula is C12H14N4OS. The Morgan fingerprint density at radius 1 is 1.28 bits per heavy atom. The monoisotopic (exact) mass is 262 g/mol. The number of amides is 1. The molecule has 94 valence electrons. The highest BCUT2D eigenvalue weighted by molar-refractivity contribution is 7.18. The molecule has 0 N–H and O–H groups in total. The van der Waals surface area contributed by atoms with Crippen LogP contribution in [0.1, 0.15) is 20.8 Å². The summed E-state index contributed by atoms with van der Waals surface area (Å²) in [6.07, 6.45) is 3.42. The van der Waals surface area contributed by atoms with E-state index in [1.54, 1.807) is 17.3 Å². The third-order valence-corrected chi connectivity index (χ3v) is 3.37. The van der Waals surface area contributed by atoms with E-state index in [1.165, 1.54) is 18.3 Å². The minimum absolute atomic E-state index is 0.0255. The molecule has 0 unspecified atom stereocenters. The highest BCUT2D eigenvalue weighted by Crippen LogP contribution is 2.29. The maximum Gasteiger partial charge on any atom is 0.225 e. The molecule has 0 aromatic carbocycles. The molecule has 5 nitrogen and oxygen atoms in total. The summed E-state index contributed by atoms with van der Waals surface area (Å²) < 4.78 is 0. The van der Waals surface area contributed by atoms with Crippen molar-refractivity contribution in [1.82, 2.24) is 15.2 Å². The first-order chi connectivity index (χ1) is 8.59. The van der Waals surface area contributed by atoms with E-state index in [4.69, 9.17) is 0 Å². The van der Waals surface area contributed by atoms with Crippen LogP contribution >= 0.6 is 11.3 Å². The van der Waals surface area contributed by atoms with Crippen LogP contribution in [0.15, 0.2) is 24.5 Å². The van der Waals surface area contributed by atoms with Gasteiger partial charge in [0.15, 0.2) is 0 Å². The minimum Gasteiger partial charge on any atom is -0.284 e. The molecule has 0 aliphatic heterocycles. The van der Waals surface area contributed by atoms with Crippen LogP contribution in [-0.2, 0) is 4.79 Å². The van der Waals surface area contributed by atoms with E-state index < -0.39 is 0 Å². The molecule has 2 aromatic rings. The second kappa shape index (κ2) is 5.22. The summed E-state index contributed by atoms with van der Waals surface area (Å²) in [7, 11) is 0. The van der Waals surface area contributed by atoms with Gasteiger partial charge in [-0.3, -0.25) is 14.7 Å². The molecule has 2 rings (SSSR count). The van der Waals surface area contributed by atoms with E-state index in [2.05, 4.69) is 15.2 Å². The summed E-state index contributed by atoms with van der Waals surface area (Å²) in [5, 5.41) is 9.63. The van der Waals surface area contributed by atoms with Crippen molar-refractivity contribution in [3.8, 4) is 10.6 Å². The molecule has 2 heterocycles. The van der Waals surface area contributed by atoms with Gasteiger partial charge in [-0.05, 0) is 26.0 Å². The molecule has 0 radical (unpaired) electrons. The first kappa shape index (κ1) is 12.6. The van der Waals surface area contributed by atoms with Crippen LogP contribution < -0.4 is 4.90 Å². The maximum atomic E-state index is 11.6. The third-order valence-electron chi connectivity index (χ3n) is 2.40. The quantitative estimate of drug-likeness (QED) is 0.852. The van der Waals surface area contributed by atoms with E-state index in [0.29, 0.717) is 5.13 Å². The van der Waals surface area contributed by atoms with Crippen molar-refractivity contribution in [2.24, 2.45) is 0 Å². The van der Waals surface area contributed by atoms with Crippen LogP contribution in [0.3, 0.4) is 0 Å². The smallest absolute Gasteiger partial charge is 0.225 e. The average Bonchev–Trinajstić information content (AvgIpc) is 2.78. The Bertz CT molecular complexity index is 538. The molecule has 0 spiro atoms. The van der Waals surface area contributed by atoms with Gasteiger partial charge in [0.25, 0.3) is 0 Å². The fourth-order valence-electron chi connectivity index (χ4n) is 1.64. The van der Waals surface area contributed by atoms with Crippen molar-refractivity contribution >= 4 is 22.4 Å². The summed E-state index contributed by atoms with van der Waals surface area (Å²) in [4.78, 5) is 17.2. The number of nitrogens with zero attached hydrogens (tertiary/aromatic N) is 4. The third kappa shape index (κ3) is 2.53. The van der Waals surface area contributed by atoms with E-state index in [0.717, 1.165) is 10.6 Å². The Hall–Kier alpha value is -1.82. The number of hydrogen-bond acceptors (Lipinski definition) is 5. The number of pyridine rings is 1. The molecule has 1 amide bonds. The number of carbonyl (C=O) groups is 1. The van der Waals surface area contributed by atoms with Crippen LogP contribution in [0.5, 0.6) is 0 Å². The molecule has 0 aliphatic rings. The number of hydrogen-bond donors (Lipinski definition) is 0. The summed E-state index contributed by atoms with van der Waals surface area (Å²) in [5.74, 6) is -0.0255. The number of aromatic nitrogens is 3. The lowest BCUT2D eigenvalue weighted by Crippen LogP contribution is -2.34. The van der Waals surface area contributed by atoms with Gasteiger partial charge in [-0.2, -0.15) is 0 Å². The standard InChI is InChI=1S/C12H14N4OS/c1-8(2)16(9(3)17)12-15-14-11(18-12)10-4-6-13-7-5-10/h4-8H,1-3H3. The zero-order chi connectivity index (χ0) is 13.1. The lowest BCUT2D eigenvalue weighted by atomic mass is 10.3. The maximum absolute atomic E-state index is 11.6. The van der Waals surface area contributed by atoms with Crippen molar-refractivity contribution in [3.05, 3.63) is 24.5 Å². The van der Waals surface area contributed by atoms with Crippen LogP contribution in [0.4, 0.5) is 5.13 Å². The normalized spacial score (nSPS) is 10.7. The van der Waals surface area contributed by atoms with E-state index in [9.17, 15) is 4.79 Å². The van der Waals surface area contributed by atoms with Gasteiger partial charge in [-0.25, -0.2) is 0 Å². The van der Waals surface area contributed by atoms with Gasteiger partial charge in [0.05, 0.1) is 0 Å². The lowest BCUT2D eigenvalue weighted by Gasteiger charge is -2.21. The number of rotatable bonds is 3. The second-order valence-corrected chi connectivity index (χ2v) is 5.06. The first-order valence-electron chi connectivity index (χ1n) is 5.63. The Balaban J connectivity index is 2.33. The minimum atomic E-state index is -0.0255. The lowest BCUT2D eigenvalue weighted by molar-refractivity contribution is -0.116. The summed E-state index contributed by atoms with van der Waals surface area (Å²) in [6.45, 7) is 5.44.